The van der Waals surface area contributed by atoms with Gasteiger partial charge in [0.25, 0.3) is 0 Å². The number of Topliss-reactive ketones (excluding diaryl/α,β-unsaturated/α-hetero) is 7. The van der Waals surface area contributed by atoms with E-state index in [1.165, 1.54) is 66.5 Å². The topological polar surface area (TPSA) is 803 Å². The number of nitrogens with one attached hydrogen (secondary N) is 17. The van der Waals surface area contributed by atoms with E-state index in [9.17, 15) is 106 Å². The number of H-pyrrole nitrogens is 1. The third-order valence-corrected chi connectivity index (χ3v) is 26.6. The highest BCUT2D eigenvalue weighted by Crippen LogP contribution is 2.29. The zero-order valence-electron chi connectivity index (χ0n) is 88.2. The molecule has 0 unspecified atom stereocenters. The van der Waals surface area contributed by atoms with Gasteiger partial charge in [0, 0.05) is 151 Å². The molecule has 4 heterocycles. The first-order valence-electron chi connectivity index (χ1n) is 51.1. The minimum Gasteiger partial charge on any atom is -0.481 e. The van der Waals surface area contributed by atoms with Gasteiger partial charge in [-0.05, 0) is 135 Å². The maximum absolute atomic E-state index is 15.2. The van der Waals surface area contributed by atoms with Crippen LogP contribution in [-0.2, 0) is 130 Å². The molecule has 2 bridgehead atoms. The lowest BCUT2D eigenvalue weighted by molar-refractivity contribution is -0.141. The minimum atomic E-state index is -1.71. The molecule has 2 aliphatic rings. The van der Waals surface area contributed by atoms with Crippen molar-refractivity contribution in [2.75, 3.05) is 19.6 Å². The molecule has 2 aliphatic heterocycles. The normalized spacial score (nSPS) is 25.5. The Kier molecular flexibility index (Phi) is 51.7. The number of nitrogens with two attached hydrogens (primary N) is 4. The van der Waals surface area contributed by atoms with E-state index >= 15 is 14.4 Å². The summed E-state index contributed by atoms with van der Waals surface area (Å²) in [6, 6.07) is -11.8. The highest BCUT2D eigenvalue weighted by atomic mass is 16.4. The first kappa shape index (κ1) is 126. The monoisotopic (exact) mass is 2110 g/mol. The van der Waals surface area contributed by atoms with E-state index in [1.54, 1.807) is 72.0 Å². The SMILES string of the molecule is CC[C@@H](C)[C@@H]1CC(=O)[C@H](C)NC(=O)[C@@H](CC(=O)[C@H](C)NC(C)=O)Cn2cc(nn2)C[C@@H](C(=O)N[C@@H](C)C(N)=O)NC(=O)[C@H](C)CC(=O)[C@H](C)NC(=O)[C@H](CCCNC(=N)N)NC(=O)[C@@H](C)NC(=O)[C@@H](C)CC(=O)[C@@H](CC(C)C)NC(=O)[C@H](Cc2c[nH]c3ccccc23)NC(=O)[C@H](CCC(N)=O)NC(=O)[C@H](CCCNC(=N)N)CC(=O)[C@H](CC(C)C)NC(=O)[C@@H]([C@@H](C)O)CC(=O)[C@@H]2CCCN2C(=O)CCC(=O)[C@@H](CCC(=O)O)NC1=O. The fraction of sp³-hybridized carbons (Fsp3) is 0.650. The maximum Gasteiger partial charge on any atom is 0.303 e. The molecule has 1 saturated heterocycles. The zero-order chi connectivity index (χ0) is 113. The van der Waals surface area contributed by atoms with E-state index in [2.05, 4.69) is 89.7 Å². The quantitative estimate of drug-likeness (QED) is 0.0195. The van der Waals surface area contributed by atoms with Crippen LogP contribution in [0.1, 0.15) is 250 Å². The molecule has 50 nitrogen and oxygen atoms in total. The number of aromatic amines is 1. The number of aliphatic carboxylic acids is 1. The molecule has 21 atom stereocenters. The van der Waals surface area contributed by atoms with Crippen molar-refractivity contribution in [1.82, 2.24) is 99.3 Å². The predicted octanol–water partition coefficient (Wildman–Crippen LogP) is -2.01. The molecule has 0 radical (unpaired) electrons. The van der Waals surface area contributed by atoms with Crippen molar-refractivity contribution in [3.05, 3.63) is 47.9 Å². The van der Waals surface area contributed by atoms with Gasteiger partial charge in [-0.15, -0.1) is 5.10 Å². The van der Waals surface area contributed by atoms with Gasteiger partial charge in [0.2, 0.25) is 88.6 Å². The number of carboxylic acid groups (broad SMARTS) is 1. The third-order valence-electron chi connectivity index (χ3n) is 26.6. The van der Waals surface area contributed by atoms with Crippen molar-refractivity contribution in [3.8, 4) is 0 Å². The van der Waals surface area contributed by atoms with E-state index in [0.717, 1.165) is 11.6 Å². The third kappa shape index (κ3) is 42.3. The second kappa shape index (κ2) is 61.5. The van der Waals surface area contributed by atoms with Crippen molar-refractivity contribution in [2.45, 2.75) is 343 Å². The summed E-state index contributed by atoms with van der Waals surface area (Å²) in [7, 11) is 0. The van der Waals surface area contributed by atoms with Gasteiger partial charge in [0.1, 0.15) is 36.3 Å². The molecule has 1 fully saturated rings. The number of benzene rings is 1. The molecule has 0 saturated carbocycles. The Bertz CT molecular complexity index is 5330. The molecule has 3 aromatic rings. The van der Waals surface area contributed by atoms with Gasteiger partial charge in [-0.25, -0.2) is 0 Å². The molecule has 1 aromatic carbocycles. The number of ketones is 7. The number of carbonyl (C=O) groups excluding carboxylic acids is 22. The second-order valence-electron chi connectivity index (χ2n) is 40.3. The van der Waals surface area contributed by atoms with Gasteiger partial charge >= 0.3 is 5.97 Å². The molecule has 2 aromatic heterocycles. The summed E-state index contributed by atoms with van der Waals surface area (Å²) in [6.45, 7) is 21.3. The number of amides is 15. The Morgan fingerprint density at radius 2 is 1.02 bits per heavy atom. The van der Waals surface area contributed by atoms with Crippen molar-refractivity contribution >= 4 is 158 Å². The Morgan fingerprint density at radius 1 is 0.513 bits per heavy atom. The lowest BCUT2D eigenvalue weighted by Gasteiger charge is -2.29. The van der Waals surface area contributed by atoms with Gasteiger partial charge < -0.3 is 117 Å². The Hall–Kier alpha value is -14.4. The van der Waals surface area contributed by atoms with Crippen molar-refractivity contribution in [2.24, 2.45) is 76.2 Å². The molecule has 830 valence electrons. The zero-order valence-corrected chi connectivity index (χ0v) is 88.2. The summed E-state index contributed by atoms with van der Waals surface area (Å²) in [5.74, 6) is -30.4. The average molecular weight is 2110 g/mol. The van der Waals surface area contributed by atoms with Crippen molar-refractivity contribution < 1.29 is 120 Å². The van der Waals surface area contributed by atoms with E-state index in [0.29, 0.717) is 16.5 Å². The van der Waals surface area contributed by atoms with Gasteiger partial charge in [-0.3, -0.25) is 126 Å². The van der Waals surface area contributed by atoms with Gasteiger partial charge in [-0.1, -0.05) is 85.2 Å². The first-order chi connectivity index (χ1) is 70.4. The van der Waals surface area contributed by atoms with Crippen LogP contribution >= 0.6 is 0 Å². The molecule has 5 rings (SSSR count). The highest BCUT2D eigenvalue weighted by molar-refractivity contribution is 6.03. The summed E-state index contributed by atoms with van der Waals surface area (Å²) >= 11 is 0. The summed E-state index contributed by atoms with van der Waals surface area (Å²) in [4.78, 5) is 329. The fourth-order valence-corrected chi connectivity index (χ4v) is 17.4. The number of fused-ring (bicyclic) bond motifs is 4. The maximum atomic E-state index is 15.2. The molecule has 0 aliphatic carbocycles. The van der Waals surface area contributed by atoms with Gasteiger partial charge in [0.05, 0.1) is 72.5 Å². The number of para-hydroxylation sites is 1. The highest BCUT2D eigenvalue weighted by Gasteiger charge is 2.43. The number of guanidine groups is 2. The molecule has 27 N–H and O–H groups in total. The minimum absolute atomic E-state index is 0.00845. The van der Waals surface area contributed by atoms with Crippen LogP contribution in [0, 0.1) is 64.1 Å². The van der Waals surface area contributed by atoms with E-state index in [4.69, 9.17) is 33.8 Å². The van der Waals surface area contributed by atoms with Crippen LogP contribution in [0.3, 0.4) is 0 Å². The summed E-state index contributed by atoms with van der Waals surface area (Å²) < 4.78 is 1.10. The summed E-state index contributed by atoms with van der Waals surface area (Å²) in [5.41, 5.74) is 23.4. The lowest BCUT2D eigenvalue weighted by Crippen LogP contribution is -2.57. The fourth-order valence-electron chi connectivity index (χ4n) is 17.4. The molecular formula is C100H155N25O25. The first-order valence-corrected chi connectivity index (χ1v) is 51.1. The van der Waals surface area contributed by atoms with Crippen molar-refractivity contribution in [3.63, 3.8) is 0 Å². The molecular weight excluding hydrogens is 1950 g/mol. The summed E-state index contributed by atoms with van der Waals surface area (Å²) in [5, 5.41) is 81.8. The number of hydrogen-bond donors (Lipinski definition) is 23. The predicted molar refractivity (Wildman–Crippen MR) is 545 cm³/mol. The van der Waals surface area contributed by atoms with Crippen LogP contribution in [-0.4, -0.2) is 286 Å². The molecule has 0 spiro atoms. The van der Waals surface area contributed by atoms with Crippen LogP contribution in [0.2, 0.25) is 0 Å². The number of aliphatic hydroxyl groups excluding tert-OH is 1. The van der Waals surface area contributed by atoms with E-state index in [1.807, 2.05) is 0 Å². The number of aromatic nitrogens is 4. The average Bonchev–Trinajstić information content (AvgIpc) is 1.67. The van der Waals surface area contributed by atoms with E-state index < -0.39 is 363 Å². The number of rotatable bonds is 30. The Balaban J connectivity index is 1.60. The van der Waals surface area contributed by atoms with Crippen LogP contribution in [0.15, 0.2) is 36.7 Å². The Labute approximate surface area is 870 Å². The van der Waals surface area contributed by atoms with Crippen molar-refractivity contribution in [1.29, 1.82) is 10.8 Å². The number of carbonyl (C=O) groups is 23. The van der Waals surface area contributed by atoms with Crippen LogP contribution in [0.5, 0.6) is 0 Å². The number of primary amides is 2. The standard InChI is InChI=1S/C100H155N25O25/c1-16-51(6)66-44-80(131)56(11)111-92(144)63(42-79(130)54(9)110-60(15)127)47-124-48-64(122-123-124)43-75(97(149)113-57(12)87(102)139)120-89(141)52(7)38-78(129)55(10)112-95(147)70(25-20-34-108-100(105)106)116-90(142)58(13)114-88(140)53(8)39-81(132)72(36-49(2)3)119-98(150)74(40-62-46-109-68-24-18-17-23-65(62)68)121-96(148)71(27-30-84(101)135)117-91(143)61(22-19-33-107-99(103)104)41-82(133)73(37-50(4)5)118-94(146)67(59(14)126)45-83(134)76-26-21-35-125(76)85(136)31-29-77(128)69(115-93(66)145)28-32-86(137)138/h17-18,23-24,46,48-59,61,63,66-67,69-76,109,126H,16,19-22,25-45,47H2,1-15H3,(H2,101,135)(H2,102,139)(H,110,127)(H,111,144)(H,112,147)(H,113,149)(H,114,140)(H,115,145)(H,116,142)(H,117,143)(H,118,146)(H,119,150)(H,120,141)(H,121,148)(H,137,138)(H4,103,104,107)(H4,105,106,108)/t51-,52-,53+,54+,55+,56+,57+,58-,59-,61-,63+,66+,67-,69-,70+,71+,72-,73+,74+,75+,76+/m1/s1. The number of aliphatic hydroxyl groups is 1. The lowest BCUT2D eigenvalue weighted by atomic mass is 9.85. The van der Waals surface area contributed by atoms with Gasteiger partial charge in [-0.2, -0.15) is 0 Å². The van der Waals surface area contributed by atoms with E-state index in [-0.39, 0.29) is 101 Å². The number of carboxylic acids is 1. The molecule has 50 heteroatoms. The van der Waals surface area contributed by atoms with Crippen LogP contribution < -0.4 is 97.4 Å². The number of hydrogen-bond acceptors (Lipinski definition) is 28. The van der Waals surface area contributed by atoms with Crippen LogP contribution in [0.4, 0.5) is 0 Å². The molecule has 15 amide bonds. The summed E-state index contributed by atoms with van der Waals surface area (Å²) in [6.07, 6.45) is -6.42. The smallest absolute Gasteiger partial charge is 0.303 e. The second-order valence-corrected chi connectivity index (χ2v) is 40.3. The molecule has 150 heavy (non-hydrogen) atoms. The van der Waals surface area contributed by atoms with Crippen LogP contribution in [0.25, 0.3) is 10.9 Å². The number of nitrogens with zero attached hydrogens (tertiary/aromatic N) is 4. The van der Waals surface area contributed by atoms with Gasteiger partial charge in [0.15, 0.2) is 52.4 Å². The largest absolute Gasteiger partial charge is 0.481 e. The Morgan fingerprint density at radius 3 is 1.61 bits per heavy atom.